The Hall–Kier alpha value is -0.970. The van der Waals surface area contributed by atoms with Crippen LogP contribution >= 0.6 is 11.6 Å². The van der Waals surface area contributed by atoms with Crippen LogP contribution in [0.3, 0.4) is 0 Å². The van der Waals surface area contributed by atoms with Gasteiger partial charge in [-0.05, 0) is 56.5 Å². The van der Waals surface area contributed by atoms with E-state index in [-0.39, 0.29) is 6.79 Å². The molecule has 3 aliphatic rings. The van der Waals surface area contributed by atoms with Crippen LogP contribution in [0.25, 0.3) is 0 Å². The lowest BCUT2D eigenvalue weighted by Gasteiger charge is -2.29. The van der Waals surface area contributed by atoms with Crippen LogP contribution in [0.2, 0.25) is 5.02 Å². The van der Waals surface area contributed by atoms with Crippen LogP contribution in [-0.2, 0) is 6.54 Å². The predicted molar refractivity (Wildman–Crippen MR) is 82.0 cm³/mol. The summed E-state index contributed by atoms with van der Waals surface area (Å²) in [4.78, 5) is 2.59. The van der Waals surface area contributed by atoms with Crippen molar-refractivity contribution in [3.05, 3.63) is 22.7 Å². The van der Waals surface area contributed by atoms with Gasteiger partial charge in [0.1, 0.15) is 0 Å². The Kier molecular flexibility index (Phi) is 3.69. The zero-order valence-corrected chi connectivity index (χ0v) is 12.9. The van der Waals surface area contributed by atoms with Crippen LogP contribution in [-0.4, -0.2) is 36.9 Å². The molecular weight excluding hydrogens is 288 g/mol. The van der Waals surface area contributed by atoms with Gasteiger partial charge in [0.25, 0.3) is 0 Å². The van der Waals surface area contributed by atoms with Gasteiger partial charge in [-0.3, -0.25) is 4.90 Å². The Bertz CT molecular complexity index is 531. The standard InChI is InChI=1S/C16H21ClN2O2/c17-12-7-11(8-15-16(12)21-10-20-15)9-19-6-2-4-14(19)13-3-1-5-18-13/h7-8,13-14,18H,1-6,9-10H2. The number of hydrogen-bond donors (Lipinski definition) is 1. The van der Waals surface area contributed by atoms with Crippen molar-refractivity contribution in [2.75, 3.05) is 19.9 Å². The number of nitrogens with zero attached hydrogens (tertiary/aromatic N) is 1. The van der Waals surface area contributed by atoms with Gasteiger partial charge < -0.3 is 14.8 Å². The quantitative estimate of drug-likeness (QED) is 0.931. The van der Waals surface area contributed by atoms with E-state index in [2.05, 4.69) is 16.3 Å². The van der Waals surface area contributed by atoms with Crippen molar-refractivity contribution in [2.24, 2.45) is 0 Å². The molecule has 1 N–H and O–H groups in total. The molecule has 2 fully saturated rings. The monoisotopic (exact) mass is 308 g/mol. The maximum Gasteiger partial charge on any atom is 0.231 e. The smallest absolute Gasteiger partial charge is 0.231 e. The minimum absolute atomic E-state index is 0.275. The van der Waals surface area contributed by atoms with Gasteiger partial charge in [-0.25, -0.2) is 0 Å². The lowest BCUT2D eigenvalue weighted by atomic mass is 10.0. The van der Waals surface area contributed by atoms with Crippen LogP contribution in [0.5, 0.6) is 11.5 Å². The first kappa shape index (κ1) is 13.7. The third-order valence-corrected chi connectivity index (χ3v) is 5.13. The highest BCUT2D eigenvalue weighted by Gasteiger charge is 2.33. The Morgan fingerprint density at radius 1 is 1.24 bits per heavy atom. The summed E-state index contributed by atoms with van der Waals surface area (Å²) in [6.45, 7) is 3.57. The van der Waals surface area contributed by atoms with E-state index in [1.54, 1.807) is 0 Å². The van der Waals surface area contributed by atoms with Crippen molar-refractivity contribution in [1.29, 1.82) is 0 Å². The molecule has 0 spiro atoms. The van der Waals surface area contributed by atoms with E-state index < -0.39 is 0 Å². The van der Waals surface area contributed by atoms with E-state index in [1.165, 1.54) is 44.3 Å². The van der Waals surface area contributed by atoms with E-state index in [9.17, 15) is 0 Å². The highest BCUT2D eigenvalue weighted by Crippen LogP contribution is 2.40. The normalized spacial score (nSPS) is 28.4. The van der Waals surface area contributed by atoms with Gasteiger partial charge in [0.05, 0.1) is 5.02 Å². The number of ether oxygens (including phenoxy) is 2. The Morgan fingerprint density at radius 3 is 3.05 bits per heavy atom. The molecule has 0 saturated carbocycles. The van der Waals surface area contributed by atoms with Crippen LogP contribution in [0.4, 0.5) is 0 Å². The van der Waals surface area contributed by atoms with Gasteiger partial charge >= 0.3 is 0 Å². The number of nitrogens with one attached hydrogen (secondary N) is 1. The minimum Gasteiger partial charge on any atom is -0.454 e. The summed E-state index contributed by atoms with van der Waals surface area (Å²) in [5.74, 6) is 1.48. The second-order valence-corrected chi connectivity index (χ2v) is 6.60. The van der Waals surface area contributed by atoms with Crippen molar-refractivity contribution in [3.8, 4) is 11.5 Å². The molecule has 114 valence electrons. The summed E-state index contributed by atoms with van der Waals surface area (Å²) in [6.07, 6.45) is 5.21. The average molecular weight is 309 g/mol. The first-order valence-electron chi connectivity index (χ1n) is 7.87. The summed E-state index contributed by atoms with van der Waals surface area (Å²) in [5, 5.41) is 4.32. The second-order valence-electron chi connectivity index (χ2n) is 6.19. The maximum absolute atomic E-state index is 6.29. The number of likely N-dealkylation sites (tertiary alicyclic amines) is 1. The summed E-state index contributed by atoms with van der Waals surface area (Å²) in [5.41, 5.74) is 1.22. The van der Waals surface area contributed by atoms with Crippen molar-refractivity contribution >= 4 is 11.6 Å². The van der Waals surface area contributed by atoms with Gasteiger partial charge in [-0.15, -0.1) is 0 Å². The molecule has 0 bridgehead atoms. The molecule has 1 aromatic rings. The number of fused-ring (bicyclic) bond motifs is 1. The summed E-state index contributed by atoms with van der Waals surface area (Å²) < 4.78 is 10.9. The predicted octanol–water partition coefficient (Wildman–Crippen LogP) is 2.79. The molecular formula is C16H21ClN2O2. The first-order chi connectivity index (χ1) is 10.3. The van der Waals surface area contributed by atoms with Crippen LogP contribution in [0, 0.1) is 0 Å². The molecule has 4 nitrogen and oxygen atoms in total. The van der Waals surface area contributed by atoms with Gasteiger partial charge in [0, 0.05) is 18.6 Å². The lowest BCUT2D eigenvalue weighted by Crippen LogP contribution is -2.43. The molecule has 1 aromatic carbocycles. The third-order valence-electron chi connectivity index (χ3n) is 4.85. The van der Waals surface area contributed by atoms with Crippen molar-refractivity contribution < 1.29 is 9.47 Å². The fourth-order valence-corrected chi connectivity index (χ4v) is 4.18. The number of hydrogen-bond acceptors (Lipinski definition) is 4. The average Bonchev–Trinajstić information content (AvgIpc) is 3.19. The molecule has 0 radical (unpaired) electrons. The minimum atomic E-state index is 0.275. The highest BCUT2D eigenvalue weighted by molar-refractivity contribution is 6.32. The Labute approximate surface area is 130 Å². The zero-order chi connectivity index (χ0) is 14.2. The molecule has 2 atom stereocenters. The number of benzene rings is 1. The van der Waals surface area contributed by atoms with Crippen molar-refractivity contribution in [3.63, 3.8) is 0 Å². The molecule has 2 saturated heterocycles. The molecule has 5 heteroatoms. The second kappa shape index (κ2) is 5.67. The van der Waals surface area contributed by atoms with E-state index in [0.717, 1.165) is 12.3 Å². The Balaban J connectivity index is 1.51. The van der Waals surface area contributed by atoms with Gasteiger partial charge in [0.15, 0.2) is 11.5 Å². The van der Waals surface area contributed by atoms with Gasteiger partial charge in [-0.2, -0.15) is 0 Å². The van der Waals surface area contributed by atoms with Crippen molar-refractivity contribution in [1.82, 2.24) is 10.2 Å². The molecule has 2 unspecified atom stereocenters. The van der Waals surface area contributed by atoms with E-state index >= 15 is 0 Å². The highest BCUT2D eigenvalue weighted by atomic mass is 35.5. The molecule has 3 heterocycles. The number of rotatable bonds is 3. The van der Waals surface area contributed by atoms with Gasteiger partial charge in [-0.1, -0.05) is 11.6 Å². The zero-order valence-electron chi connectivity index (χ0n) is 12.1. The molecule has 0 aliphatic carbocycles. The lowest BCUT2D eigenvalue weighted by molar-refractivity contribution is 0.174. The SMILES string of the molecule is Clc1cc(CN2CCCC2C2CCCN2)cc2c1OCO2. The summed E-state index contributed by atoms with van der Waals surface area (Å²) in [6, 6.07) is 5.42. The molecule has 4 rings (SSSR count). The van der Waals surface area contributed by atoms with Crippen molar-refractivity contribution in [2.45, 2.75) is 44.3 Å². The van der Waals surface area contributed by atoms with E-state index in [4.69, 9.17) is 21.1 Å². The summed E-state index contributed by atoms with van der Waals surface area (Å²) in [7, 11) is 0. The largest absolute Gasteiger partial charge is 0.454 e. The van der Waals surface area contributed by atoms with Gasteiger partial charge in [0.2, 0.25) is 6.79 Å². The Morgan fingerprint density at radius 2 is 2.19 bits per heavy atom. The molecule has 0 amide bonds. The first-order valence-corrected chi connectivity index (χ1v) is 8.24. The fourth-order valence-electron chi connectivity index (χ4n) is 3.89. The number of halogens is 1. The van der Waals surface area contributed by atoms with E-state index in [1.807, 2.05) is 6.07 Å². The topological polar surface area (TPSA) is 33.7 Å². The van der Waals surface area contributed by atoms with Crippen LogP contribution < -0.4 is 14.8 Å². The fraction of sp³-hybridized carbons (Fsp3) is 0.625. The molecule has 0 aromatic heterocycles. The van der Waals surface area contributed by atoms with E-state index in [0.29, 0.717) is 22.9 Å². The maximum atomic E-state index is 6.29. The van der Waals surface area contributed by atoms with Crippen LogP contribution in [0.15, 0.2) is 12.1 Å². The molecule has 3 aliphatic heterocycles. The third kappa shape index (κ3) is 2.60. The van der Waals surface area contributed by atoms with Crippen LogP contribution in [0.1, 0.15) is 31.2 Å². The molecule has 21 heavy (non-hydrogen) atoms. The summed E-state index contributed by atoms with van der Waals surface area (Å²) >= 11 is 6.29.